The average molecular weight is 314 g/mol. The Balaban J connectivity index is 1.98. The Labute approximate surface area is 114 Å². The quantitative estimate of drug-likeness (QED) is 0.851. The lowest BCUT2D eigenvalue weighted by molar-refractivity contribution is 0.0127. The van der Waals surface area contributed by atoms with E-state index in [2.05, 4.69) is 25.8 Å². The standard InChI is InChI=1S/C12H16BrN3O2/c1-12(18-11(14)17)4-6-16(7-5-12)9-2-3-10(13)15-8-9/h2-3,8H,4-7H2,1H3,(H2,14,17). The van der Waals surface area contributed by atoms with Gasteiger partial charge in [-0.25, -0.2) is 9.78 Å². The molecular weight excluding hydrogens is 298 g/mol. The number of carbonyl (C=O) groups is 1. The van der Waals surface area contributed by atoms with Crippen LogP contribution in [0.25, 0.3) is 0 Å². The van der Waals surface area contributed by atoms with Crippen LogP contribution in [0.3, 0.4) is 0 Å². The number of primary amides is 1. The van der Waals surface area contributed by atoms with Crippen molar-refractivity contribution in [2.75, 3.05) is 18.0 Å². The summed E-state index contributed by atoms with van der Waals surface area (Å²) in [6, 6.07) is 3.94. The number of hydrogen-bond donors (Lipinski definition) is 1. The van der Waals surface area contributed by atoms with Crippen LogP contribution < -0.4 is 10.6 Å². The molecule has 5 nitrogen and oxygen atoms in total. The van der Waals surface area contributed by atoms with Gasteiger partial charge in [-0.1, -0.05) is 0 Å². The Hall–Kier alpha value is -1.30. The van der Waals surface area contributed by atoms with E-state index in [1.165, 1.54) is 0 Å². The number of halogens is 1. The summed E-state index contributed by atoms with van der Waals surface area (Å²) in [5.74, 6) is 0. The lowest BCUT2D eigenvalue weighted by Crippen LogP contribution is -2.46. The second kappa shape index (κ2) is 5.14. The van der Waals surface area contributed by atoms with Gasteiger partial charge in [0.15, 0.2) is 0 Å². The highest BCUT2D eigenvalue weighted by atomic mass is 79.9. The minimum absolute atomic E-state index is 0.439. The highest BCUT2D eigenvalue weighted by Crippen LogP contribution is 2.28. The van der Waals surface area contributed by atoms with Crippen molar-refractivity contribution in [2.24, 2.45) is 5.73 Å². The number of nitrogens with zero attached hydrogens (tertiary/aromatic N) is 2. The first kappa shape index (κ1) is 13.1. The van der Waals surface area contributed by atoms with Gasteiger partial charge in [-0.2, -0.15) is 0 Å². The molecule has 2 rings (SSSR count). The van der Waals surface area contributed by atoms with E-state index in [-0.39, 0.29) is 0 Å². The van der Waals surface area contributed by atoms with E-state index in [9.17, 15) is 4.79 Å². The average Bonchev–Trinajstić information content (AvgIpc) is 2.30. The van der Waals surface area contributed by atoms with Gasteiger partial charge < -0.3 is 15.4 Å². The molecule has 1 aliphatic heterocycles. The van der Waals surface area contributed by atoms with Crippen LogP contribution >= 0.6 is 15.9 Å². The Kier molecular flexibility index (Phi) is 3.75. The molecule has 0 aromatic carbocycles. The van der Waals surface area contributed by atoms with Crippen molar-refractivity contribution in [3.05, 3.63) is 22.9 Å². The van der Waals surface area contributed by atoms with Crippen molar-refractivity contribution in [1.29, 1.82) is 0 Å². The summed E-state index contributed by atoms with van der Waals surface area (Å²) in [6.45, 7) is 3.58. The van der Waals surface area contributed by atoms with Crippen molar-refractivity contribution in [1.82, 2.24) is 4.98 Å². The minimum atomic E-state index is -0.698. The highest BCUT2D eigenvalue weighted by Gasteiger charge is 2.33. The van der Waals surface area contributed by atoms with E-state index in [0.717, 1.165) is 36.2 Å². The second-order valence-electron chi connectivity index (χ2n) is 4.70. The first-order valence-electron chi connectivity index (χ1n) is 5.83. The molecule has 1 aliphatic rings. The maximum Gasteiger partial charge on any atom is 0.405 e. The van der Waals surface area contributed by atoms with Crippen LogP contribution in [0.4, 0.5) is 10.5 Å². The molecule has 0 saturated carbocycles. The molecule has 0 atom stereocenters. The summed E-state index contributed by atoms with van der Waals surface area (Å²) in [7, 11) is 0. The number of piperidine rings is 1. The molecule has 0 aliphatic carbocycles. The van der Waals surface area contributed by atoms with Gasteiger partial charge in [-0.05, 0) is 35.0 Å². The van der Waals surface area contributed by atoms with Crippen LogP contribution in [-0.4, -0.2) is 29.8 Å². The summed E-state index contributed by atoms with van der Waals surface area (Å²) >= 11 is 3.31. The summed E-state index contributed by atoms with van der Waals surface area (Å²) in [5, 5.41) is 0. The molecule has 1 fully saturated rings. The maximum absolute atomic E-state index is 10.8. The highest BCUT2D eigenvalue weighted by molar-refractivity contribution is 9.10. The molecular formula is C12H16BrN3O2. The van der Waals surface area contributed by atoms with Crippen molar-refractivity contribution >= 4 is 27.7 Å². The third-order valence-corrected chi connectivity index (χ3v) is 3.71. The zero-order valence-corrected chi connectivity index (χ0v) is 11.8. The lowest BCUT2D eigenvalue weighted by Gasteiger charge is -2.39. The van der Waals surface area contributed by atoms with E-state index in [0.29, 0.717) is 0 Å². The molecule has 2 N–H and O–H groups in total. The molecule has 2 heterocycles. The molecule has 0 spiro atoms. The number of ether oxygens (including phenoxy) is 1. The van der Waals surface area contributed by atoms with Crippen molar-refractivity contribution < 1.29 is 9.53 Å². The first-order valence-corrected chi connectivity index (χ1v) is 6.63. The zero-order chi connectivity index (χ0) is 13.2. The fraction of sp³-hybridized carbons (Fsp3) is 0.500. The topological polar surface area (TPSA) is 68.5 Å². The Morgan fingerprint density at radius 1 is 1.50 bits per heavy atom. The number of anilines is 1. The minimum Gasteiger partial charge on any atom is -0.443 e. The number of amides is 1. The molecule has 6 heteroatoms. The van der Waals surface area contributed by atoms with Gasteiger partial charge in [0.05, 0.1) is 11.9 Å². The SMILES string of the molecule is CC1(OC(N)=O)CCN(c2ccc(Br)nc2)CC1. The largest absolute Gasteiger partial charge is 0.443 e. The molecule has 18 heavy (non-hydrogen) atoms. The summed E-state index contributed by atoms with van der Waals surface area (Å²) in [4.78, 5) is 17.3. The zero-order valence-electron chi connectivity index (χ0n) is 10.2. The van der Waals surface area contributed by atoms with Gasteiger partial charge in [0.25, 0.3) is 0 Å². The number of aromatic nitrogens is 1. The van der Waals surface area contributed by atoms with Gasteiger partial charge in [0.2, 0.25) is 0 Å². The Bertz CT molecular complexity index is 427. The van der Waals surface area contributed by atoms with Gasteiger partial charge in [-0.15, -0.1) is 0 Å². The molecule has 98 valence electrons. The second-order valence-corrected chi connectivity index (χ2v) is 5.51. The molecule has 0 bridgehead atoms. The van der Waals surface area contributed by atoms with Gasteiger partial charge >= 0.3 is 6.09 Å². The fourth-order valence-electron chi connectivity index (χ4n) is 2.14. The lowest BCUT2D eigenvalue weighted by atomic mass is 9.93. The number of rotatable bonds is 2. The van der Waals surface area contributed by atoms with E-state index < -0.39 is 11.7 Å². The molecule has 0 unspecified atom stereocenters. The van der Waals surface area contributed by atoms with Gasteiger partial charge in [-0.3, -0.25) is 0 Å². The Morgan fingerprint density at radius 2 is 2.17 bits per heavy atom. The molecule has 1 aromatic heterocycles. The third kappa shape index (κ3) is 3.13. The monoisotopic (exact) mass is 313 g/mol. The predicted molar refractivity (Wildman–Crippen MR) is 72.5 cm³/mol. The van der Waals surface area contributed by atoms with Crippen molar-refractivity contribution in [3.8, 4) is 0 Å². The molecule has 1 aromatic rings. The first-order chi connectivity index (χ1) is 8.48. The number of pyridine rings is 1. The maximum atomic E-state index is 10.8. The van der Waals surface area contributed by atoms with Crippen LogP contribution in [0.5, 0.6) is 0 Å². The predicted octanol–water partition coefficient (Wildman–Crippen LogP) is 2.30. The van der Waals surface area contributed by atoms with Gasteiger partial charge in [0.1, 0.15) is 10.2 Å². The fourth-order valence-corrected chi connectivity index (χ4v) is 2.37. The van der Waals surface area contributed by atoms with Crippen LogP contribution in [0.15, 0.2) is 22.9 Å². The number of hydrogen-bond acceptors (Lipinski definition) is 4. The van der Waals surface area contributed by atoms with Crippen molar-refractivity contribution in [3.63, 3.8) is 0 Å². The van der Waals surface area contributed by atoms with Crippen LogP contribution in [-0.2, 0) is 4.74 Å². The third-order valence-electron chi connectivity index (χ3n) is 3.25. The summed E-state index contributed by atoms with van der Waals surface area (Å²) < 4.78 is 6.00. The van der Waals surface area contributed by atoms with Crippen LogP contribution in [0, 0.1) is 0 Å². The van der Waals surface area contributed by atoms with Crippen LogP contribution in [0.1, 0.15) is 19.8 Å². The molecule has 1 amide bonds. The number of carbonyl (C=O) groups excluding carboxylic acids is 1. The summed E-state index contributed by atoms with van der Waals surface area (Å²) in [6.07, 6.45) is 2.68. The van der Waals surface area contributed by atoms with Gasteiger partial charge in [0, 0.05) is 25.9 Å². The van der Waals surface area contributed by atoms with E-state index in [1.807, 2.05) is 25.3 Å². The molecule has 0 radical (unpaired) electrons. The smallest absolute Gasteiger partial charge is 0.405 e. The Morgan fingerprint density at radius 3 is 2.67 bits per heavy atom. The van der Waals surface area contributed by atoms with E-state index in [1.54, 1.807) is 0 Å². The summed E-state index contributed by atoms with van der Waals surface area (Å²) in [5.41, 5.74) is 5.72. The van der Waals surface area contributed by atoms with E-state index >= 15 is 0 Å². The van der Waals surface area contributed by atoms with Crippen molar-refractivity contribution in [2.45, 2.75) is 25.4 Å². The van der Waals surface area contributed by atoms with E-state index in [4.69, 9.17) is 10.5 Å². The molecule has 1 saturated heterocycles. The number of nitrogens with two attached hydrogens (primary N) is 1. The van der Waals surface area contributed by atoms with Crippen LogP contribution in [0.2, 0.25) is 0 Å². The normalized spacial score (nSPS) is 18.4.